The first kappa shape index (κ1) is 9.16. The summed E-state index contributed by atoms with van der Waals surface area (Å²) in [4.78, 5) is 0. The topological polar surface area (TPSA) is 40.5 Å². The van der Waals surface area contributed by atoms with E-state index < -0.39 is 6.10 Å². The predicted molar refractivity (Wildman–Crippen MR) is 51.4 cm³/mol. The van der Waals surface area contributed by atoms with Gasteiger partial charge in [0.2, 0.25) is 0 Å². The average molecular weight is 182 g/mol. The lowest BCUT2D eigenvalue weighted by Gasteiger charge is -2.06. The smallest absolute Gasteiger partial charge is 0.186 e. The van der Waals surface area contributed by atoms with Crippen LogP contribution in [0.1, 0.15) is 5.56 Å². The number of benzene rings is 1. The van der Waals surface area contributed by atoms with Crippen molar-refractivity contribution in [1.29, 1.82) is 0 Å². The molecule has 0 spiro atoms. The summed E-state index contributed by atoms with van der Waals surface area (Å²) in [5, 5.41) is 17.6. The molecule has 0 radical (unpaired) electrons. The fourth-order valence-corrected chi connectivity index (χ4v) is 1.01. The summed E-state index contributed by atoms with van der Waals surface area (Å²) in [7, 11) is 0. The normalized spacial score (nSPS) is 12.4. The molecule has 0 heterocycles. The van der Waals surface area contributed by atoms with E-state index in [2.05, 4.69) is 12.2 Å². The highest BCUT2D eigenvalue weighted by Gasteiger charge is 2.08. The van der Waals surface area contributed by atoms with Crippen molar-refractivity contribution < 1.29 is 10.2 Å². The Labute approximate surface area is 76.5 Å². The minimum absolute atomic E-state index is 0.348. The molecule has 0 saturated heterocycles. The van der Waals surface area contributed by atoms with Crippen LogP contribution in [0.25, 0.3) is 0 Å². The monoisotopic (exact) mass is 182 g/mol. The fourth-order valence-electron chi connectivity index (χ4n) is 0.925. The van der Waals surface area contributed by atoms with Crippen LogP contribution in [0.2, 0.25) is 0 Å². The molecule has 0 aliphatic heterocycles. The first-order valence-electron chi connectivity index (χ1n) is 3.65. The molecule has 1 atom stereocenters. The summed E-state index contributed by atoms with van der Waals surface area (Å²) >= 11 is 4.42. The van der Waals surface area contributed by atoms with Crippen molar-refractivity contribution in [1.82, 2.24) is 0 Å². The van der Waals surface area contributed by atoms with Crippen LogP contribution in [0.5, 0.6) is 0 Å². The summed E-state index contributed by atoms with van der Waals surface area (Å²) in [6, 6.07) is 9.40. The summed E-state index contributed by atoms with van der Waals surface area (Å²) in [5.41, 5.74) is 0.960. The van der Waals surface area contributed by atoms with Crippen molar-refractivity contribution in [2.24, 2.45) is 0 Å². The Morgan fingerprint density at radius 2 is 1.92 bits per heavy atom. The highest BCUT2D eigenvalue weighted by Crippen LogP contribution is 2.03. The van der Waals surface area contributed by atoms with Gasteiger partial charge in [-0.1, -0.05) is 30.3 Å². The molecular formula is C9H10O2S. The lowest BCUT2D eigenvalue weighted by molar-refractivity contribution is 0.222. The van der Waals surface area contributed by atoms with E-state index in [1.54, 1.807) is 0 Å². The van der Waals surface area contributed by atoms with Gasteiger partial charge in [-0.25, -0.2) is 0 Å². The molecule has 3 heteroatoms. The molecule has 12 heavy (non-hydrogen) atoms. The van der Waals surface area contributed by atoms with E-state index in [9.17, 15) is 5.11 Å². The van der Waals surface area contributed by atoms with E-state index >= 15 is 0 Å². The predicted octanol–water partition coefficient (Wildman–Crippen LogP) is 1.48. The van der Waals surface area contributed by atoms with Crippen molar-refractivity contribution in [2.75, 3.05) is 0 Å². The lowest BCUT2D eigenvalue weighted by Crippen LogP contribution is -2.20. The fraction of sp³-hybridized carbons (Fsp3) is 0.222. The van der Waals surface area contributed by atoms with E-state index in [0.717, 1.165) is 5.56 Å². The molecule has 0 fully saturated rings. The number of hydrogen-bond donors (Lipinski definition) is 2. The Morgan fingerprint density at radius 1 is 1.33 bits per heavy atom. The Morgan fingerprint density at radius 3 is 2.42 bits per heavy atom. The molecule has 0 amide bonds. The molecule has 0 aliphatic rings. The van der Waals surface area contributed by atoms with E-state index in [-0.39, 0.29) is 5.05 Å². The van der Waals surface area contributed by atoms with E-state index in [4.69, 9.17) is 5.11 Å². The molecule has 1 aromatic carbocycles. The van der Waals surface area contributed by atoms with Crippen molar-refractivity contribution in [3.63, 3.8) is 0 Å². The van der Waals surface area contributed by atoms with Gasteiger partial charge in [-0.15, -0.1) is 0 Å². The second-order valence-corrected chi connectivity index (χ2v) is 2.96. The number of aliphatic hydroxyl groups excluding tert-OH is 2. The van der Waals surface area contributed by atoms with Gasteiger partial charge in [0.1, 0.15) is 6.10 Å². The van der Waals surface area contributed by atoms with Gasteiger partial charge >= 0.3 is 0 Å². The van der Waals surface area contributed by atoms with Crippen LogP contribution < -0.4 is 0 Å². The Hall–Kier alpha value is -0.930. The molecule has 0 unspecified atom stereocenters. The van der Waals surface area contributed by atoms with Crippen LogP contribution in [0.3, 0.4) is 0 Å². The van der Waals surface area contributed by atoms with E-state index in [1.807, 2.05) is 30.3 Å². The standard InChI is InChI=1S/C9H10O2S/c10-8(9(11)12)6-7-4-2-1-3-5-7/h1-5,8,10H,6H2,(H,11,12)/t8-/m1/s1. The SMILES string of the molecule is OC(=S)[C@H](O)Cc1ccccc1. The molecule has 0 aliphatic carbocycles. The zero-order chi connectivity index (χ0) is 8.97. The maximum atomic E-state index is 9.19. The van der Waals surface area contributed by atoms with Crippen molar-refractivity contribution in [3.8, 4) is 0 Å². The number of aliphatic hydroxyl groups is 2. The van der Waals surface area contributed by atoms with Gasteiger partial charge in [0, 0.05) is 6.42 Å². The van der Waals surface area contributed by atoms with Crippen LogP contribution in [-0.4, -0.2) is 21.4 Å². The Bertz CT molecular complexity index is 258. The molecule has 2 N–H and O–H groups in total. The van der Waals surface area contributed by atoms with Crippen LogP contribution in [0.4, 0.5) is 0 Å². The third-order valence-electron chi connectivity index (χ3n) is 1.56. The van der Waals surface area contributed by atoms with Crippen LogP contribution in [0, 0.1) is 0 Å². The molecule has 0 bridgehead atoms. The molecule has 0 aromatic heterocycles. The van der Waals surface area contributed by atoms with Crippen LogP contribution >= 0.6 is 12.2 Å². The summed E-state index contributed by atoms with van der Waals surface area (Å²) in [5.74, 6) is 0. The summed E-state index contributed by atoms with van der Waals surface area (Å²) in [6.45, 7) is 0. The van der Waals surface area contributed by atoms with Gasteiger partial charge < -0.3 is 10.2 Å². The Kier molecular flexibility index (Phi) is 3.19. The first-order chi connectivity index (χ1) is 5.70. The molecule has 0 saturated carbocycles. The molecular weight excluding hydrogens is 172 g/mol. The molecule has 2 nitrogen and oxygen atoms in total. The van der Waals surface area contributed by atoms with Crippen LogP contribution in [0.15, 0.2) is 30.3 Å². The second-order valence-electron chi connectivity index (χ2n) is 2.54. The largest absolute Gasteiger partial charge is 0.500 e. The van der Waals surface area contributed by atoms with Gasteiger partial charge in [0.15, 0.2) is 5.05 Å². The zero-order valence-corrected chi connectivity index (χ0v) is 7.29. The van der Waals surface area contributed by atoms with Crippen LogP contribution in [-0.2, 0) is 6.42 Å². The lowest BCUT2D eigenvalue weighted by atomic mass is 10.1. The third kappa shape index (κ3) is 2.60. The minimum Gasteiger partial charge on any atom is -0.500 e. The van der Waals surface area contributed by atoms with E-state index in [0.29, 0.717) is 6.42 Å². The summed E-state index contributed by atoms with van der Waals surface area (Å²) in [6.07, 6.45) is -0.557. The Balaban J connectivity index is 2.58. The number of thiocarbonyl (C=S) groups is 1. The van der Waals surface area contributed by atoms with Crippen molar-refractivity contribution >= 4 is 17.3 Å². The number of rotatable bonds is 3. The molecule has 1 aromatic rings. The third-order valence-corrected chi connectivity index (χ3v) is 1.83. The molecule has 64 valence electrons. The van der Waals surface area contributed by atoms with E-state index in [1.165, 1.54) is 0 Å². The van der Waals surface area contributed by atoms with Crippen molar-refractivity contribution in [2.45, 2.75) is 12.5 Å². The second kappa shape index (κ2) is 4.18. The van der Waals surface area contributed by atoms with Gasteiger partial charge in [0.25, 0.3) is 0 Å². The number of hydrogen-bond acceptors (Lipinski definition) is 2. The van der Waals surface area contributed by atoms with Gasteiger partial charge in [-0.3, -0.25) is 0 Å². The maximum Gasteiger partial charge on any atom is 0.186 e. The van der Waals surface area contributed by atoms with Crippen molar-refractivity contribution in [3.05, 3.63) is 35.9 Å². The molecule has 1 rings (SSSR count). The highest BCUT2D eigenvalue weighted by atomic mass is 32.1. The van der Waals surface area contributed by atoms with Gasteiger partial charge in [-0.2, -0.15) is 0 Å². The zero-order valence-electron chi connectivity index (χ0n) is 6.47. The maximum absolute atomic E-state index is 9.19. The quantitative estimate of drug-likeness (QED) is 0.695. The van der Waals surface area contributed by atoms with Gasteiger partial charge in [-0.05, 0) is 17.8 Å². The first-order valence-corrected chi connectivity index (χ1v) is 4.06. The minimum atomic E-state index is -0.928. The average Bonchev–Trinajstić information content (AvgIpc) is 2.06. The summed E-state index contributed by atoms with van der Waals surface area (Å²) < 4.78 is 0. The van der Waals surface area contributed by atoms with Gasteiger partial charge in [0.05, 0.1) is 0 Å². The highest BCUT2D eigenvalue weighted by molar-refractivity contribution is 7.80.